The van der Waals surface area contributed by atoms with Crippen molar-refractivity contribution < 1.29 is 173 Å². The lowest BCUT2D eigenvalue weighted by Gasteiger charge is -2.46. The van der Waals surface area contributed by atoms with E-state index in [4.69, 9.17) is 90.8 Å². The summed E-state index contributed by atoms with van der Waals surface area (Å²) in [6, 6.07) is -0.622. The smallest absolute Gasteiger partial charge is 0.223 e. The van der Waals surface area contributed by atoms with Gasteiger partial charge in [0, 0.05) is 38.1 Å². The van der Waals surface area contributed by atoms with Gasteiger partial charge in [-0.25, -0.2) is 0 Å². The average molecular weight is 1440 g/mol. The minimum Gasteiger partial charge on any atom is -0.394 e. The molecule has 25 N–H and O–H groups in total. The topological polar surface area (TPSA) is 611 Å². The lowest BCUT2D eigenvalue weighted by Crippen LogP contribution is -2.65. The normalized spacial score (nSPS) is 43.8. The maximum Gasteiger partial charge on any atom is 0.223 e. The Morgan fingerprint density at radius 1 is 0.375 bits per heavy atom. The summed E-state index contributed by atoms with van der Waals surface area (Å²) in [4.78, 5) is 13.0. The second kappa shape index (κ2) is 38.7. The molecule has 0 aromatic rings. The molecular weight excluding hydrogens is 1340 g/mol. The summed E-state index contributed by atoms with van der Waals surface area (Å²) in [6.07, 6.45) is -50.1. The summed E-state index contributed by atoms with van der Waals surface area (Å²) in [5, 5.41) is 224. The molecule has 40 nitrogen and oxygen atoms in total. The van der Waals surface area contributed by atoms with Gasteiger partial charge in [-0.15, -0.1) is 0 Å². The molecule has 1 aliphatic carbocycles. The van der Waals surface area contributed by atoms with Crippen LogP contribution in [-0.4, -0.2) is 414 Å². The van der Waals surface area contributed by atoms with E-state index in [0.29, 0.717) is 19.3 Å². The van der Waals surface area contributed by atoms with Gasteiger partial charge in [0.2, 0.25) is 5.91 Å². The zero-order chi connectivity index (χ0) is 70.2. The van der Waals surface area contributed by atoms with Crippen molar-refractivity contribution in [2.45, 2.75) is 216 Å². The Morgan fingerprint density at radius 3 is 1.02 bits per heavy atom. The van der Waals surface area contributed by atoms with Gasteiger partial charge >= 0.3 is 0 Å². The number of thiocarbonyl (C=S) groups is 2. The fourth-order valence-electron chi connectivity index (χ4n) is 11.7. The van der Waals surface area contributed by atoms with Crippen LogP contribution in [0.25, 0.3) is 0 Å². The molecule has 7 rings (SSSR count). The molecule has 0 bridgehead atoms. The van der Waals surface area contributed by atoms with Crippen LogP contribution >= 0.6 is 24.4 Å². The van der Waals surface area contributed by atoms with Gasteiger partial charge in [0.15, 0.2) is 48.0 Å². The van der Waals surface area contributed by atoms with Crippen LogP contribution in [0.4, 0.5) is 0 Å². The number of carbonyl (C=O) groups is 1. The number of ether oxygens (including phenoxy) is 14. The van der Waals surface area contributed by atoms with Crippen molar-refractivity contribution in [3.63, 3.8) is 0 Å². The van der Waals surface area contributed by atoms with E-state index >= 15 is 0 Å². The van der Waals surface area contributed by atoms with Gasteiger partial charge in [0.25, 0.3) is 0 Å². The van der Waals surface area contributed by atoms with E-state index in [1.165, 1.54) is 7.05 Å². The molecule has 7 aliphatic rings. The van der Waals surface area contributed by atoms with Crippen LogP contribution in [0, 0.1) is 5.92 Å². The summed E-state index contributed by atoms with van der Waals surface area (Å²) >= 11 is 11.1. The Bertz CT molecular complexity index is 2190. The molecule has 558 valence electrons. The highest BCUT2D eigenvalue weighted by molar-refractivity contribution is 7.80. The highest BCUT2D eigenvalue weighted by Gasteiger charge is 2.55. The lowest BCUT2D eigenvalue weighted by molar-refractivity contribution is -0.366. The Kier molecular flexibility index (Phi) is 32.5. The maximum atomic E-state index is 13.0. The molecule has 6 aliphatic heterocycles. The van der Waals surface area contributed by atoms with E-state index in [2.05, 4.69) is 26.6 Å². The molecule has 1 amide bonds. The second-order valence-electron chi connectivity index (χ2n) is 23.9. The standard InChI is InChI=1S/C54H95N5O35S2/c1-55-46(80)19-10-20(58-53(95)56-2-4-81-6-8-83-49-42(78)44(93-51-40(76)36(72)30(66)24(15-62)89-51)32(68)26(91-49)17-85-47-38(74)34(70)28(64)22(13-60)87-47)12-21(11-19)59-54(96)57-3-5-82-7-9-84-50-43(79)45(94-52-41(77)37(73)31(67)25(16-63)90-52)33(69)27(92-50)18-86-48-39(75)35(71)29(65)23(14-61)88-48/h19-45,47-52,60-79H,2-18H2,1H3,(H,55,80)(H2,56,58,95)(H2,57,59,96). The third kappa shape index (κ3) is 20.9. The largest absolute Gasteiger partial charge is 0.394 e. The first-order chi connectivity index (χ1) is 45.8. The number of rotatable bonds is 31. The molecule has 96 heavy (non-hydrogen) atoms. The van der Waals surface area contributed by atoms with Crippen molar-refractivity contribution in [3.05, 3.63) is 0 Å². The van der Waals surface area contributed by atoms with Crippen LogP contribution in [-0.2, 0) is 71.1 Å². The maximum absolute atomic E-state index is 13.0. The van der Waals surface area contributed by atoms with Gasteiger partial charge in [-0.2, -0.15) is 0 Å². The van der Waals surface area contributed by atoms with Gasteiger partial charge in [-0.1, -0.05) is 0 Å². The van der Waals surface area contributed by atoms with Crippen LogP contribution < -0.4 is 26.6 Å². The third-order valence-corrected chi connectivity index (χ3v) is 17.7. The van der Waals surface area contributed by atoms with Crippen LogP contribution in [0.5, 0.6) is 0 Å². The summed E-state index contributed by atoms with van der Waals surface area (Å²) in [5.74, 6) is -0.648. The molecule has 0 aromatic carbocycles. The second-order valence-corrected chi connectivity index (χ2v) is 24.7. The van der Waals surface area contributed by atoms with E-state index in [0.717, 1.165) is 0 Å². The summed E-state index contributed by atoms with van der Waals surface area (Å²) < 4.78 is 78.7. The number of amides is 1. The monoisotopic (exact) mass is 1440 g/mol. The van der Waals surface area contributed by atoms with Gasteiger partial charge in [-0.3, -0.25) is 4.79 Å². The van der Waals surface area contributed by atoms with Crippen molar-refractivity contribution >= 4 is 40.6 Å². The van der Waals surface area contributed by atoms with Gasteiger partial charge in [0.1, 0.15) is 146 Å². The Labute approximate surface area is 559 Å². The van der Waals surface area contributed by atoms with Crippen LogP contribution in [0.15, 0.2) is 0 Å². The number of hydrogen-bond acceptors (Lipinski definition) is 37. The van der Waals surface area contributed by atoms with Crippen molar-refractivity contribution in [1.82, 2.24) is 26.6 Å². The summed E-state index contributed by atoms with van der Waals surface area (Å²) in [5.41, 5.74) is 0. The summed E-state index contributed by atoms with van der Waals surface area (Å²) in [7, 11) is 1.52. The minimum absolute atomic E-state index is 0.0641. The first-order valence-corrected chi connectivity index (χ1v) is 32.1. The zero-order valence-electron chi connectivity index (χ0n) is 52.0. The number of carbonyl (C=O) groups excluding carboxylic acids is 1. The quantitative estimate of drug-likeness (QED) is 0.0226. The zero-order valence-corrected chi connectivity index (χ0v) is 53.6. The fourth-order valence-corrected chi connectivity index (χ4v) is 12.2. The Balaban J connectivity index is 0.828. The molecule has 1 saturated carbocycles. The van der Waals surface area contributed by atoms with Gasteiger partial charge in [0.05, 0.1) is 79.3 Å². The molecule has 0 spiro atoms. The third-order valence-electron chi connectivity index (χ3n) is 17.2. The fraction of sp³-hybridized carbons (Fsp3) is 0.944. The van der Waals surface area contributed by atoms with Crippen molar-refractivity contribution in [2.75, 3.05) is 99.4 Å². The first kappa shape index (κ1) is 80.8. The number of nitrogens with one attached hydrogen (secondary N) is 5. The van der Waals surface area contributed by atoms with Crippen molar-refractivity contribution in [1.29, 1.82) is 0 Å². The number of aliphatic hydroxyl groups excluding tert-OH is 20. The summed E-state index contributed by atoms with van der Waals surface area (Å²) in [6.45, 7) is -4.70. The molecule has 32 atom stereocenters. The first-order valence-electron chi connectivity index (χ1n) is 31.3. The number of hydrogen-bond donors (Lipinski definition) is 25. The van der Waals surface area contributed by atoms with E-state index in [-0.39, 0.29) is 80.9 Å². The van der Waals surface area contributed by atoms with E-state index in [1.54, 1.807) is 0 Å². The molecule has 0 radical (unpaired) electrons. The Hall–Kier alpha value is -2.51. The molecule has 32 unspecified atom stereocenters. The van der Waals surface area contributed by atoms with Gasteiger partial charge in [-0.05, 0) is 43.7 Å². The average Bonchev–Trinajstić information content (AvgIpc) is 0.800. The van der Waals surface area contributed by atoms with E-state index in [1.807, 2.05) is 0 Å². The van der Waals surface area contributed by atoms with Crippen LogP contribution in [0.2, 0.25) is 0 Å². The van der Waals surface area contributed by atoms with Crippen LogP contribution in [0.3, 0.4) is 0 Å². The molecule has 6 saturated heterocycles. The predicted molar refractivity (Wildman–Crippen MR) is 318 cm³/mol. The molecule has 0 aromatic heterocycles. The van der Waals surface area contributed by atoms with Crippen molar-refractivity contribution in [3.8, 4) is 0 Å². The minimum atomic E-state index is -1.94. The number of aliphatic hydroxyl groups is 20. The van der Waals surface area contributed by atoms with E-state index in [9.17, 15) is 107 Å². The molecule has 6 heterocycles. The highest BCUT2D eigenvalue weighted by atomic mass is 32.1. The highest BCUT2D eigenvalue weighted by Crippen LogP contribution is 2.34. The van der Waals surface area contributed by atoms with E-state index < -0.39 is 230 Å². The lowest BCUT2D eigenvalue weighted by atomic mass is 9.82. The Morgan fingerprint density at radius 2 is 0.688 bits per heavy atom. The predicted octanol–water partition coefficient (Wildman–Crippen LogP) is -14.8. The van der Waals surface area contributed by atoms with Gasteiger partial charge < -0.3 is 195 Å². The SMILES string of the molecule is CNC(=O)C1CC(NC(=S)NCCOCCOC2OC(COC3OC(CO)C(O)C(O)C3O)C(O)C(OC3OC(CO)C(O)C(O)C3O)C2O)CC(NC(=S)NCCOCCOC2OC(COC3OC(CO)C(O)C(O)C3O)C(O)C(OC3OC(CO)C(O)C(O)C3O)C2O)C1. The van der Waals surface area contributed by atoms with Crippen LogP contribution in [0.1, 0.15) is 19.3 Å². The molecule has 42 heteroatoms. The molecule has 7 fully saturated rings. The van der Waals surface area contributed by atoms with Crippen molar-refractivity contribution in [2.24, 2.45) is 5.92 Å². The molecular formula is C54H95N5O35S2.